The minimum atomic E-state index is -0.449. The number of aromatic nitrogens is 1. The minimum Gasteiger partial charge on any atom is -0.258 e. The predicted molar refractivity (Wildman–Crippen MR) is 113 cm³/mol. The van der Waals surface area contributed by atoms with Gasteiger partial charge in [-0.3, -0.25) is 10.1 Å². The van der Waals surface area contributed by atoms with E-state index in [0.717, 1.165) is 17.7 Å². The highest BCUT2D eigenvalue weighted by Gasteiger charge is 2.11. The molecule has 3 aromatic rings. The summed E-state index contributed by atoms with van der Waals surface area (Å²) in [6.45, 7) is 2.18. The van der Waals surface area contributed by atoms with Crippen molar-refractivity contribution in [3.8, 4) is 17.3 Å². The maximum Gasteiger partial charge on any atom is 0.270 e. The highest BCUT2D eigenvalue weighted by Crippen LogP contribution is 2.28. The molecular formula is C22H19N3O2S. The summed E-state index contributed by atoms with van der Waals surface area (Å²) in [6, 6.07) is 16.7. The second-order valence-electron chi connectivity index (χ2n) is 6.36. The van der Waals surface area contributed by atoms with Gasteiger partial charge in [0.05, 0.1) is 16.2 Å². The zero-order chi connectivity index (χ0) is 19.9. The highest BCUT2D eigenvalue weighted by molar-refractivity contribution is 7.11. The third-order valence-electron chi connectivity index (χ3n) is 4.32. The summed E-state index contributed by atoms with van der Waals surface area (Å²) in [5.41, 5.74) is 4.12. The van der Waals surface area contributed by atoms with Gasteiger partial charge in [-0.15, -0.1) is 11.3 Å². The van der Waals surface area contributed by atoms with E-state index in [1.807, 2.05) is 5.38 Å². The molecule has 5 nitrogen and oxygen atoms in total. The first-order valence-corrected chi connectivity index (χ1v) is 9.90. The van der Waals surface area contributed by atoms with Gasteiger partial charge in [0.1, 0.15) is 11.1 Å². The lowest BCUT2D eigenvalue weighted by Crippen LogP contribution is -1.88. The summed E-state index contributed by atoms with van der Waals surface area (Å²) in [5.74, 6) is 0. The first kappa shape index (κ1) is 19.5. The second-order valence-corrected chi connectivity index (χ2v) is 7.22. The number of nitrogens with zero attached hydrogens (tertiary/aromatic N) is 3. The third-order valence-corrected chi connectivity index (χ3v) is 5.19. The van der Waals surface area contributed by atoms with Crippen LogP contribution in [0.25, 0.3) is 22.9 Å². The fraction of sp³-hybridized carbons (Fsp3) is 0.182. The zero-order valence-electron chi connectivity index (χ0n) is 15.5. The lowest BCUT2D eigenvalue weighted by molar-refractivity contribution is -0.384. The van der Waals surface area contributed by atoms with Crippen molar-refractivity contribution in [3.63, 3.8) is 0 Å². The molecule has 0 atom stereocenters. The third kappa shape index (κ3) is 4.70. The Morgan fingerprint density at radius 1 is 1.29 bits per heavy atom. The van der Waals surface area contributed by atoms with Crippen LogP contribution in [-0.2, 0) is 6.42 Å². The van der Waals surface area contributed by atoms with E-state index in [1.54, 1.807) is 18.2 Å². The number of benzene rings is 2. The van der Waals surface area contributed by atoms with E-state index in [-0.39, 0.29) is 5.69 Å². The summed E-state index contributed by atoms with van der Waals surface area (Å²) in [7, 11) is 0. The molecule has 0 amide bonds. The van der Waals surface area contributed by atoms with Gasteiger partial charge in [0.2, 0.25) is 0 Å². The maximum absolute atomic E-state index is 10.9. The van der Waals surface area contributed by atoms with Gasteiger partial charge < -0.3 is 0 Å². The lowest BCUT2D eigenvalue weighted by atomic mass is 10.1. The maximum atomic E-state index is 10.9. The molecule has 3 rings (SSSR count). The van der Waals surface area contributed by atoms with E-state index in [2.05, 4.69) is 42.2 Å². The van der Waals surface area contributed by atoms with Gasteiger partial charge in [-0.2, -0.15) is 5.26 Å². The number of nitro groups is 1. The van der Waals surface area contributed by atoms with Gasteiger partial charge in [-0.05, 0) is 30.0 Å². The number of hydrogen-bond donors (Lipinski definition) is 0. The second kappa shape index (κ2) is 9.07. The van der Waals surface area contributed by atoms with Crippen molar-refractivity contribution in [2.24, 2.45) is 0 Å². The number of thiazole rings is 1. The van der Waals surface area contributed by atoms with Gasteiger partial charge in [-0.1, -0.05) is 49.7 Å². The van der Waals surface area contributed by atoms with Gasteiger partial charge >= 0.3 is 0 Å². The van der Waals surface area contributed by atoms with E-state index >= 15 is 0 Å². The van der Waals surface area contributed by atoms with Crippen LogP contribution >= 0.6 is 11.3 Å². The number of nitro benzene ring substituents is 1. The summed E-state index contributed by atoms with van der Waals surface area (Å²) in [4.78, 5) is 15.1. The van der Waals surface area contributed by atoms with Crippen LogP contribution in [0, 0.1) is 21.4 Å². The van der Waals surface area contributed by atoms with Crippen molar-refractivity contribution in [2.75, 3.05) is 0 Å². The Bertz CT molecular complexity index is 1050. The molecule has 0 bridgehead atoms. The molecular weight excluding hydrogens is 370 g/mol. The zero-order valence-corrected chi connectivity index (χ0v) is 16.3. The first-order chi connectivity index (χ1) is 13.6. The summed E-state index contributed by atoms with van der Waals surface area (Å²) in [6.07, 6.45) is 5.05. The molecule has 1 heterocycles. The molecule has 0 saturated heterocycles. The molecule has 0 aliphatic heterocycles. The first-order valence-electron chi connectivity index (χ1n) is 9.02. The molecule has 1 aromatic heterocycles. The summed E-state index contributed by atoms with van der Waals surface area (Å²) >= 11 is 1.39. The molecule has 0 radical (unpaired) electrons. The Balaban J connectivity index is 1.84. The van der Waals surface area contributed by atoms with E-state index in [4.69, 9.17) is 0 Å². The number of nitriles is 1. The van der Waals surface area contributed by atoms with Crippen molar-refractivity contribution in [1.29, 1.82) is 5.26 Å². The van der Waals surface area contributed by atoms with Crippen molar-refractivity contribution in [1.82, 2.24) is 4.98 Å². The number of non-ortho nitro benzene ring substituents is 1. The van der Waals surface area contributed by atoms with Crippen LogP contribution < -0.4 is 0 Å². The Morgan fingerprint density at radius 2 is 2.07 bits per heavy atom. The molecule has 0 spiro atoms. The van der Waals surface area contributed by atoms with E-state index in [9.17, 15) is 15.4 Å². The van der Waals surface area contributed by atoms with Crippen LogP contribution in [0.3, 0.4) is 0 Å². The van der Waals surface area contributed by atoms with Crippen molar-refractivity contribution in [2.45, 2.75) is 26.2 Å². The largest absolute Gasteiger partial charge is 0.270 e. The average Bonchev–Trinajstić information content (AvgIpc) is 3.21. The molecule has 28 heavy (non-hydrogen) atoms. The number of unbranched alkanes of at least 4 members (excludes halogenated alkanes) is 1. The molecule has 0 N–H and O–H groups in total. The quantitative estimate of drug-likeness (QED) is 0.277. The van der Waals surface area contributed by atoms with Crippen LogP contribution in [0.1, 0.15) is 35.9 Å². The SMILES string of the molecule is CCCCc1ccc(-c2csc(/C(C#N)=C/c3cccc([N+](=O)[O-])c3)n2)cc1. The topological polar surface area (TPSA) is 79.8 Å². The molecule has 0 unspecified atom stereocenters. The van der Waals surface area contributed by atoms with Crippen LogP contribution in [-0.4, -0.2) is 9.91 Å². The van der Waals surface area contributed by atoms with Crippen LogP contribution in [0.4, 0.5) is 5.69 Å². The Morgan fingerprint density at radius 3 is 2.75 bits per heavy atom. The number of aryl methyl sites for hydroxylation is 1. The fourth-order valence-electron chi connectivity index (χ4n) is 2.79. The van der Waals surface area contributed by atoms with Gasteiger partial charge in [0.15, 0.2) is 0 Å². The van der Waals surface area contributed by atoms with Crippen molar-refractivity contribution < 1.29 is 4.92 Å². The molecule has 6 heteroatoms. The summed E-state index contributed by atoms with van der Waals surface area (Å²) in [5, 5.41) is 23.0. The molecule has 0 aliphatic rings. The Hall–Kier alpha value is -3.30. The van der Waals surface area contributed by atoms with Crippen molar-refractivity contribution >= 4 is 28.7 Å². The smallest absolute Gasteiger partial charge is 0.258 e. The molecule has 2 aromatic carbocycles. The Kier molecular flexibility index (Phi) is 6.30. The number of hydrogen-bond acceptors (Lipinski definition) is 5. The van der Waals surface area contributed by atoms with Crippen LogP contribution in [0.2, 0.25) is 0 Å². The average molecular weight is 389 g/mol. The fourth-order valence-corrected chi connectivity index (χ4v) is 3.58. The lowest BCUT2D eigenvalue weighted by Gasteiger charge is -2.01. The van der Waals surface area contributed by atoms with Gasteiger partial charge in [-0.25, -0.2) is 4.98 Å². The molecule has 0 aliphatic carbocycles. The van der Waals surface area contributed by atoms with Gasteiger partial charge in [0, 0.05) is 23.1 Å². The molecule has 0 fully saturated rings. The Labute approximate surface area is 167 Å². The van der Waals surface area contributed by atoms with Gasteiger partial charge in [0.25, 0.3) is 5.69 Å². The predicted octanol–water partition coefficient (Wildman–Crippen LogP) is 6.13. The van der Waals surface area contributed by atoms with E-state index in [1.165, 1.54) is 41.9 Å². The summed E-state index contributed by atoms with van der Waals surface area (Å²) < 4.78 is 0. The number of rotatable bonds is 7. The van der Waals surface area contributed by atoms with Crippen LogP contribution in [0.5, 0.6) is 0 Å². The molecule has 140 valence electrons. The normalized spacial score (nSPS) is 11.2. The monoisotopic (exact) mass is 389 g/mol. The standard InChI is InChI=1S/C22H19N3O2S/c1-2-3-5-16-8-10-18(11-9-16)21-15-28-22(24-21)19(14-23)12-17-6-4-7-20(13-17)25(26)27/h4,6-13,15H,2-3,5H2,1H3/b19-12+. The van der Waals surface area contributed by atoms with Crippen molar-refractivity contribution in [3.05, 3.63) is 80.2 Å². The minimum absolute atomic E-state index is 0.00553. The number of allylic oxidation sites excluding steroid dienone is 1. The molecule has 0 saturated carbocycles. The van der Waals surface area contributed by atoms with E-state index < -0.39 is 4.92 Å². The highest BCUT2D eigenvalue weighted by atomic mass is 32.1. The van der Waals surface area contributed by atoms with Crippen LogP contribution in [0.15, 0.2) is 53.9 Å². The van der Waals surface area contributed by atoms with E-state index in [0.29, 0.717) is 16.1 Å².